The summed E-state index contributed by atoms with van der Waals surface area (Å²) in [6.07, 6.45) is 1.60. The topological polar surface area (TPSA) is 49.7 Å². The molecule has 0 N–H and O–H groups in total. The SMILES string of the molecule is C=NC(=N/C=C(\C)Cl)N1CCN(C(C)c2ccc3c(c2)OCO3)CC1. The zero-order chi connectivity index (χ0) is 17.8. The number of benzene rings is 1. The maximum atomic E-state index is 5.84. The number of hydrogen-bond acceptors (Lipinski definition) is 4. The predicted molar refractivity (Wildman–Crippen MR) is 101 cm³/mol. The standard InChI is InChI=1S/C18H23ClN4O2/c1-13(19)11-21-18(20-3)23-8-6-22(7-9-23)14(2)15-4-5-16-17(10-15)25-12-24-16/h4-5,10-11,14H,3,6-9,12H2,1-2H3/b13-11+,21-18?. The van der Waals surface area contributed by atoms with Crippen molar-refractivity contribution < 1.29 is 9.47 Å². The molecule has 3 rings (SSSR count). The lowest BCUT2D eigenvalue weighted by Gasteiger charge is -2.38. The van der Waals surface area contributed by atoms with E-state index in [-0.39, 0.29) is 0 Å². The summed E-state index contributed by atoms with van der Waals surface area (Å²) >= 11 is 5.84. The molecular weight excluding hydrogens is 340 g/mol. The van der Waals surface area contributed by atoms with Crippen LogP contribution in [0.5, 0.6) is 11.5 Å². The minimum atomic E-state index is 0.304. The van der Waals surface area contributed by atoms with Gasteiger partial charge < -0.3 is 14.4 Å². The number of nitrogens with zero attached hydrogens (tertiary/aromatic N) is 4. The summed E-state index contributed by atoms with van der Waals surface area (Å²) in [4.78, 5) is 12.9. The Morgan fingerprint density at radius 1 is 1.24 bits per heavy atom. The van der Waals surface area contributed by atoms with Gasteiger partial charge in [-0.05, 0) is 38.3 Å². The summed E-state index contributed by atoms with van der Waals surface area (Å²) in [6, 6.07) is 6.47. The van der Waals surface area contributed by atoms with E-state index in [4.69, 9.17) is 21.1 Å². The van der Waals surface area contributed by atoms with Crippen LogP contribution in [0.3, 0.4) is 0 Å². The molecule has 1 fully saturated rings. The third-order valence-corrected chi connectivity index (χ3v) is 4.62. The number of hydrogen-bond donors (Lipinski definition) is 0. The Balaban J connectivity index is 1.62. The van der Waals surface area contributed by atoms with Crippen LogP contribution in [0.4, 0.5) is 0 Å². The van der Waals surface area contributed by atoms with Crippen molar-refractivity contribution in [2.75, 3.05) is 33.0 Å². The molecule has 0 saturated carbocycles. The third-order valence-electron chi connectivity index (χ3n) is 4.52. The number of rotatable bonds is 3. The summed E-state index contributed by atoms with van der Waals surface area (Å²) in [7, 11) is 0. The van der Waals surface area contributed by atoms with Crippen molar-refractivity contribution >= 4 is 24.3 Å². The van der Waals surface area contributed by atoms with E-state index in [2.05, 4.69) is 45.6 Å². The molecule has 0 amide bonds. The van der Waals surface area contributed by atoms with E-state index in [0.29, 0.717) is 23.8 Å². The second-order valence-electron chi connectivity index (χ2n) is 6.11. The average Bonchev–Trinajstić information content (AvgIpc) is 3.09. The molecule has 2 aliphatic heterocycles. The molecule has 25 heavy (non-hydrogen) atoms. The van der Waals surface area contributed by atoms with Crippen molar-refractivity contribution in [3.8, 4) is 11.5 Å². The molecule has 0 aromatic heterocycles. The van der Waals surface area contributed by atoms with Gasteiger partial charge in [-0.15, -0.1) is 0 Å². The monoisotopic (exact) mass is 362 g/mol. The largest absolute Gasteiger partial charge is 0.454 e. The third kappa shape index (κ3) is 4.14. The number of piperazine rings is 1. The summed E-state index contributed by atoms with van der Waals surface area (Å²) in [6.45, 7) is 11.5. The van der Waals surface area contributed by atoms with E-state index in [9.17, 15) is 0 Å². The van der Waals surface area contributed by atoms with Crippen LogP contribution in [0.15, 0.2) is 39.4 Å². The molecule has 0 bridgehead atoms. The van der Waals surface area contributed by atoms with Crippen molar-refractivity contribution in [1.82, 2.24) is 9.80 Å². The smallest absolute Gasteiger partial charge is 0.231 e. The maximum absolute atomic E-state index is 5.84. The molecule has 0 spiro atoms. The number of allylic oxidation sites excluding steroid dienone is 1. The molecule has 7 heteroatoms. The number of aliphatic imine (C=N–C) groups is 2. The summed E-state index contributed by atoms with van der Waals surface area (Å²) in [5.41, 5.74) is 1.23. The van der Waals surface area contributed by atoms with Crippen molar-refractivity contribution in [1.29, 1.82) is 0 Å². The van der Waals surface area contributed by atoms with E-state index in [0.717, 1.165) is 37.7 Å². The number of guanidine groups is 1. The Morgan fingerprint density at radius 3 is 2.64 bits per heavy atom. The van der Waals surface area contributed by atoms with Crippen molar-refractivity contribution in [3.05, 3.63) is 35.0 Å². The van der Waals surface area contributed by atoms with Gasteiger partial charge in [0.1, 0.15) is 0 Å². The highest BCUT2D eigenvalue weighted by Crippen LogP contribution is 2.35. The minimum Gasteiger partial charge on any atom is -0.454 e. The number of fused-ring (bicyclic) bond motifs is 1. The van der Waals surface area contributed by atoms with Gasteiger partial charge in [0.05, 0.1) is 0 Å². The van der Waals surface area contributed by atoms with Crippen LogP contribution in [0, 0.1) is 0 Å². The predicted octanol–water partition coefficient (Wildman–Crippen LogP) is 3.25. The second-order valence-corrected chi connectivity index (χ2v) is 6.71. The fourth-order valence-electron chi connectivity index (χ4n) is 3.06. The summed E-state index contributed by atoms with van der Waals surface area (Å²) < 4.78 is 10.9. The molecular formula is C18H23ClN4O2. The van der Waals surface area contributed by atoms with Gasteiger partial charge >= 0.3 is 0 Å². The van der Waals surface area contributed by atoms with Crippen LogP contribution in [-0.2, 0) is 0 Å². The van der Waals surface area contributed by atoms with E-state index < -0.39 is 0 Å². The van der Waals surface area contributed by atoms with Crippen molar-refractivity contribution in [2.45, 2.75) is 19.9 Å². The highest BCUT2D eigenvalue weighted by Gasteiger charge is 2.25. The molecule has 2 heterocycles. The fraction of sp³-hybridized carbons (Fsp3) is 0.444. The van der Waals surface area contributed by atoms with Gasteiger partial charge in [0.15, 0.2) is 11.5 Å². The van der Waals surface area contributed by atoms with Crippen LogP contribution in [0.25, 0.3) is 0 Å². The molecule has 0 aliphatic carbocycles. The maximum Gasteiger partial charge on any atom is 0.231 e. The molecule has 0 radical (unpaired) electrons. The van der Waals surface area contributed by atoms with E-state index in [1.165, 1.54) is 5.56 Å². The lowest BCUT2D eigenvalue weighted by atomic mass is 10.1. The first kappa shape index (κ1) is 17.8. The van der Waals surface area contributed by atoms with Gasteiger partial charge in [0.25, 0.3) is 0 Å². The first-order valence-corrected chi connectivity index (χ1v) is 8.71. The van der Waals surface area contributed by atoms with Gasteiger partial charge in [-0.3, -0.25) is 4.90 Å². The van der Waals surface area contributed by atoms with E-state index >= 15 is 0 Å². The molecule has 1 aromatic rings. The van der Waals surface area contributed by atoms with Crippen LogP contribution in [-0.4, -0.2) is 55.4 Å². The zero-order valence-corrected chi connectivity index (χ0v) is 15.4. The van der Waals surface area contributed by atoms with Crippen LogP contribution in [0.1, 0.15) is 25.5 Å². The van der Waals surface area contributed by atoms with Crippen molar-refractivity contribution in [2.24, 2.45) is 9.98 Å². The average molecular weight is 363 g/mol. The molecule has 1 atom stereocenters. The Kier molecular flexibility index (Phi) is 5.60. The first-order chi connectivity index (χ1) is 12.1. The number of ether oxygens (including phenoxy) is 2. The quantitative estimate of drug-likeness (QED) is 0.611. The van der Waals surface area contributed by atoms with Gasteiger partial charge in [-0.2, -0.15) is 0 Å². The normalized spacial score (nSPS) is 19.9. The Hall–Kier alpha value is -2.05. The van der Waals surface area contributed by atoms with Crippen LogP contribution in [0.2, 0.25) is 0 Å². The van der Waals surface area contributed by atoms with Crippen LogP contribution >= 0.6 is 11.6 Å². The van der Waals surface area contributed by atoms with Gasteiger partial charge in [-0.25, -0.2) is 9.98 Å². The summed E-state index contributed by atoms with van der Waals surface area (Å²) in [5, 5.41) is 0.621. The number of halogens is 1. The fourth-order valence-corrected chi connectivity index (χ4v) is 3.11. The lowest BCUT2D eigenvalue weighted by molar-refractivity contribution is 0.140. The molecule has 6 nitrogen and oxygen atoms in total. The lowest BCUT2D eigenvalue weighted by Crippen LogP contribution is -2.48. The van der Waals surface area contributed by atoms with Gasteiger partial charge in [0, 0.05) is 43.5 Å². The van der Waals surface area contributed by atoms with E-state index in [1.54, 1.807) is 13.1 Å². The molecule has 1 aromatic carbocycles. The Labute approximate surface area is 153 Å². The first-order valence-electron chi connectivity index (χ1n) is 8.34. The highest BCUT2D eigenvalue weighted by molar-refractivity contribution is 6.29. The zero-order valence-electron chi connectivity index (χ0n) is 14.6. The molecule has 2 aliphatic rings. The van der Waals surface area contributed by atoms with E-state index in [1.807, 2.05) is 6.07 Å². The van der Waals surface area contributed by atoms with Gasteiger partial charge in [0.2, 0.25) is 12.8 Å². The Morgan fingerprint density at radius 2 is 1.96 bits per heavy atom. The highest BCUT2D eigenvalue weighted by atomic mass is 35.5. The van der Waals surface area contributed by atoms with Crippen LogP contribution < -0.4 is 9.47 Å². The molecule has 134 valence electrons. The molecule has 1 unspecified atom stereocenters. The minimum absolute atomic E-state index is 0.304. The van der Waals surface area contributed by atoms with Crippen molar-refractivity contribution in [3.63, 3.8) is 0 Å². The summed E-state index contributed by atoms with van der Waals surface area (Å²) in [5.74, 6) is 2.27. The van der Waals surface area contributed by atoms with Gasteiger partial charge in [-0.1, -0.05) is 17.7 Å². The Bertz CT molecular complexity index is 692. The molecule has 1 saturated heterocycles. The second kappa shape index (κ2) is 7.89.